The van der Waals surface area contributed by atoms with Gasteiger partial charge in [-0.25, -0.2) is 8.42 Å². The van der Waals surface area contributed by atoms with Gasteiger partial charge >= 0.3 is 0 Å². The molecule has 4 fully saturated rings. The van der Waals surface area contributed by atoms with E-state index in [0.717, 1.165) is 44.5 Å². The predicted octanol–water partition coefficient (Wildman–Crippen LogP) is 1.10. The number of rotatable bonds is 5. The molecule has 1 aromatic heterocycles. The third kappa shape index (κ3) is 2.96. The van der Waals surface area contributed by atoms with Gasteiger partial charge in [0.05, 0.1) is 18.9 Å². The molecular formula is C19H30N4O3S. The highest BCUT2D eigenvalue weighted by Crippen LogP contribution is 2.47. The molecule has 2 aliphatic heterocycles. The lowest BCUT2D eigenvalue weighted by Gasteiger charge is -2.42. The first-order valence-corrected chi connectivity index (χ1v) is 11.7. The largest absolute Gasteiger partial charge is 0.380 e. The van der Waals surface area contributed by atoms with Crippen LogP contribution in [-0.4, -0.2) is 60.8 Å². The Morgan fingerprint density at radius 2 is 2.07 bits per heavy atom. The van der Waals surface area contributed by atoms with E-state index < -0.39 is 15.2 Å². The van der Waals surface area contributed by atoms with Gasteiger partial charge in [-0.3, -0.25) is 9.58 Å². The number of ether oxygens (including phenoxy) is 1. The van der Waals surface area contributed by atoms with Crippen LogP contribution in [0.5, 0.6) is 0 Å². The number of sulfone groups is 1. The van der Waals surface area contributed by atoms with Crippen molar-refractivity contribution in [3.05, 3.63) is 11.8 Å². The molecule has 0 aromatic carbocycles. The molecule has 0 spiro atoms. The van der Waals surface area contributed by atoms with Gasteiger partial charge in [0.25, 0.3) is 0 Å². The van der Waals surface area contributed by atoms with Crippen molar-refractivity contribution in [3.63, 3.8) is 0 Å². The third-order valence-corrected chi connectivity index (χ3v) is 9.18. The summed E-state index contributed by atoms with van der Waals surface area (Å²) in [6.45, 7) is 5.21. The monoisotopic (exact) mass is 394 g/mol. The first-order chi connectivity index (χ1) is 12.8. The summed E-state index contributed by atoms with van der Waals surface area (Å²) in [7, 11) is -1.75. The van der Waals surface area contributed by atoms with E-state index in [1.54, 1.807) is 11.7 Å². The Kier molecular flexibility index (Phi) is 4.03. The van der Waals surface area contributed by atoms with E-state index in [9.17, 15) is 8.42 Å². The Labute approximate surface area is 161 Å². The SMILES string of the molecule is Cn1nc(C2CC2)cc1S(=O)(=O)[C@H]1[C@H]2C[C@@H](N)C[C@@H]2CN1CC1(C)COC1. The summed E-state index contributed by atoms with van der Waals surface area (Å²) in [5.41, 5.74) is 7.20. The molecule has 1 aromatic rings. The topological polar surface area (TPSA) is 90.5 Å². The van der Waals surface area contributed by atoms with Gasteiger partial charge in [0.15, 0.2) is 5.03 Å². The van der Waals surface area contributed by atoms with Crippen molar-refractivity contribution in [1.29, 1.82) is 0 Å². The van der Waals surface area contributed by atoms with Crippen molar-refractivity contribution in [2.75, 3.05) is 26.3 Å². The van der Waals surface area contributed by atoms with Crippen LogP contribution in [0.1, 0.15) is 44.2 Å². The van der Waals surface area contributed by atoms with Crippen molar-refractivity contribution >= 4 is 9.84 Å². The van der Waals surface area contributed by atoms with Crippen LogP contribution in [0.3, 0.4) is 0 Å². The highest BCUT2D eigenvalue weighted by atomic mass is 32.2. The fourth-order valence-electron chi connectivity index (χ4n) is 5.49. The first kappa shape index (κ1) is 18.1. The molecule has 0 unspecified atom stereocenters. The molecule has 8 heteroatoms. The molecule has 2 N–H and O–H groups in total. The predicted molar refractivity (Wildman–Crippen MR) is 101 cm³/mol. The van der Waals surface area contributed by atoms with Crippen LogP contribution >= 0.6 is 0 Å². The maximum atomic E-state index is 13.8. The molecule has 150 valence electrons. The molecule has 27 heavy (non-hydrogen) atoms. The second kappa shape index (κ2) is 6.02. The number of fused-ring (bicyclic) bond motifs is 1. The summed E-state index contributed by atoms with van der Waals surface area (Å²) in [6, 6.07) is 1.94. The van der Waals surface area contributed by atoms with Gasteiger partial charge < -0.3 is 10.5 Å². The van der Waals surface area contributed by atoms with Gasteiger partial charge in [-0.05, 0) is 43.6 Å². The van der Waals surface area contributed by atoms with E-state index in [2.05, 4.69) is 16.9 Å². The maximum Gasteiger partial charge on any atom is 0.211 e. The van der Waals surface area contributed by atoms with Gasteiger partial charge in [-0.15, -0.1) is 0 Å². The standard InChI is InChI=1S/C19H30N4O3S/c1-19(10-26-11-19)9-23-8-13-5-14(20)6-15(13)18(23)27(24,25)17-7-16(12-3-4-12)21-22(17)2/h7,12-15,18H,3-6,8-11,20H2,1-2H3/t13-,14+,15+,18+/m1/s1. The summed E-state index contributed by atoms with van der Waals surface area (Å²) in [5, 5.41) is 4.39. The van der Waals surface area contributed by atoms with Gasteiger partial charge in [0.2, 0.25) is 9.84 Å². The normalized spacial score (nSPS) is 36.0. The number of nitrogens with two attached hydrogens (primary N) is 1. The number of hydrogen-bond acceptors (Lipinski definition) is 6. The van der Waals surface area contributed by atoms with Crippen LogP contribution in [0.25, 0.3) is 0 Å². The Hall–Kier alpha value is -0.960. The zero-order valence-corrected chi connectivity index (χ0v) is 17.0. The molecule has 7 nitrogen and oxygen atoms in total. The van der Waals surface area contributed by atoms with Gasteiger partial charge in [-0.1, -0.05) is 6.92 Å². The summed E-state index contributed by atoms with van der Waals surface area (Å²) >= 11 is 0. The molecule has 0 amide bonds. The highest BCUT2D eigenvalue weighted by Gasteiger charge is 2.54. The first-order valence-electron chi connectivity index (χ1n) is 10.1. The molecule has 4 atom stereocenters. The van der Waals surface area contributed by atoms with E-state index in [1.807, 2.05) is 6.07 Å². The molecule has 2 saturated carbocycles. The van der Waals surface area contributed by atoms with E-state index in [-0.39, 0.29) is 17.4 Å². The zero-order chi connectivity index (χ0) is 19.0. The number of aromatic nitrogens is 2. The molecule has 3 heterocycles. The zero-order valence-electron chi connectivity index (χ0n) is 16.2. The van der Waals surface area contributed by atoms with Crippen molar-refractivity contribution in [2.45, 2.75) is 55.0 Å². The Morgan fingerprint density at radius 3 is 2.70 bits per heavy atom. The lowest BCUT2D eigenvalue weighted by atomic mass is 9.88. The van der Waals surface area contributed by atoms with Crippen LogP contribution in [0, 0.1) is 17.3 Å². The van der Waals surface area contributed by atoms with Crippen molar-refractivity contribution in [1.82, 2.24) is 14.7 Å². The lowest BCUT2D eigenvalue weighted by molar-refractivity contribution is -0.114. The molecule has 2 aliphatic carbocycles. The number of nitrogens with zero attached hydrogens (tertiary/aromatic N) is 3. The van der Waals surface area contributed by atoms with Crippen LogP contribution in [0.2, 0.25) is 0 Å². The molecule has 0 bridgehead atoms. The van der Waals surface area contributed by atoms with Crippen LogP contribution in [0.15, 0.2) is 11.1 Å². The maximum absolute atomic E-state index is 13.8. The molecule has 5 rings (SSSR count). The van der Waals surface area contributed by atoms with E-state index in [0.29, 0.717) is 30.1 Å². The van der Waals surface area contributed by atoms with Gasteiger partial charge in [-0.2, -0.15) is 5.10 Å². The van der Waals surface area contributed by atoms with Gasteiger partial charge in [0, 0.05) is 37.5 Å². The Balaban J connectivity index is 1.49. The Morgan fingerprint density at radius 1 is 1.33 bits per heavy atom. The number of likely N-dealkylation sites (tertiary alicyclic amines) is 1. The van der Waals surface area contributed by atoms with Crippen LogP contribution in [-0.2, 0) is 21.6 Å². The third-order valence-electron chi connectivity index (χ3n) is 6.93. The molecule has 4 aliphatic rings. The van der Waals surface area contributed by atoms with E-state index in [4.69, 9.17) is 10.5 Å². The molecule has 2 saturated heterocycles. The minimum absolute atomic E-state index is 0.0557. The number of hydrogen-bond donors (Lipinski definition) is 1. The van der Waals surface area contributed by atoms with E-state index >= 15 is 0 Å². The van der Waals surface area contributed by atoms with E-state index in [1.165, 1.54) is 0 Å². The minimum atomic E-state index is -3.51. The second-order valence-electron chi connectivity index (χ2n) is 9.63. The summed E-state index contributed by atoms with van der Waals surface area (Å²) < 4.78 is 34.6. The van der Waals surface area contributed by atoms with Crippen molar-refractivity contribution in [2.24, 2.45) is 30.0 Å². The summed E-state index contributed by atoms with van der Waals surface area (Å²) in [6.07, 6.45) is 3.96. The molecule has 0 radical (unpaired) electrons. The van der Waals surface area contributed by atoms with Crippen molar-refractivity contribution in [3.8, 4) is 0 Å². The average Bonchev–Trinajstić information content (AvgIpc) is 3.13. The minimum Gasteiger partial charge on any atom is -0.380 e. The number of aryl methyl sites for hydroxylation is 1. The Bertz CT molecular complexity index is 843. The fraction of sp³-hybridized carbons (Fsp3) is 0.842. The lowest BCUT2D eigenvalue weighted by Crippen LogP contribution is -2.52. The smallest absolute Gasteiger partial charge is 0.211 e. The summed E-state index contributed by atoms with van der Waals surface area (Å²) in [4.78, 5) is 2.21. The average molecular weight is 395 g/mol. The summed E-state index contributed by atoms with van der Waals surface area (Å²) in [5.74, 6) is 0.938. The van der Waals surface area contributed by atoms with Crippen LogP contribution in [0.4, 0.5) is 0 Å². The highest BCUT2D eigenvalue weighted by molar-refractivity contribution is 7.92. The quantitative estimate of drug-likeness (QED) is 0.804. The molecular weight excluding hydrogens is 364 g/mol. The van der Waals surface area contributed by atoms with Gasteiger partial charge in [0.1, 0.15) is 5.37 Å². The fourth-order valence-corrected chi connectivity index (χ4v) is 7.78. The second-order valence-corrected chi connectivity index (χ2v) is 11.6. The van der Waals surface area contributed by atoms with Crippen molar-refractivity contribution < 1.29 is 13.2 Å². The van der Waals surface area contributed by atoms with Crippen LogP contribution < -0.4 is 5.73 Å².